The van der Waals surface area contributed by atoms with Gasteiger partial charge in [-0.25, -0.2) is 0 Å². The Hall–Kier alpha value is -2.12. The van der Waals surface area contributed by atoms with E-state index >= 15 is 0 Å². The molecule has 1 rings (SSSR count). The van der Waals surface area contributed by atoms with E-state index in [-0.39, 0.29) is 24.6 Å². The second-order valence-corrected chi connectivity index (χ2v) is 4.14. The number of nitrogens with one attached hydrogen (secondary N) is 1. The van der Waals surface area contributed by atoms with Crippen molar-refractivity contribution in [2.45, 2.75) is 19.8 Å². The molecule has 0 spiro atoms. The number of hydrogen-bond donors (Lipinski definition) is 1. The third kappa shape index (κ3) is 5.68. The van der Waals surface area contributed by atoms with Crippen molar-refractivity contribution < 1.29 is 14.3 Å². The lowest BCUT2D eigenvalue weighted by molar-refractivity contribution is -0.143. The molecule has 0 saturated heterocycles. The molecular formula is C16H19NO3. The third-order valence-corrected chi connectivity index (χ3v) is 2.57. The van der Waals surface area contributed by atoms with Gasteiger partial charge >= 0.3 is 5.97 Å². The summed E-state index contributed by atoms with van der Waals surface area (Å²) in [5.74, 6) is 5.53. The van der Waals surface area contributed by atoms with E-state index in [1.54, 1.807) is 31.2 Å². The van der Waals surface area contributed by atoms with Crippen molar-refractivity contribution in [2.75, 3.05) is 20.2 Å². The quantitative estimate of drug-likeness (QED) is 0.488. The van der Waals surface area contributed by atoms with Gasteiger partial charge in [0.2, 0.25) is 0 Å². The molecule has 0 heterocycles. The van der Waals surface area contributed by atoms with E-state index in [2.05, 4.69) is 17.2 Å². The molecule has 0 aliphatic carbocycles. The Labute approximate surface area is 119 Å². The second-order valence-electron chi connectivity index (χ2n) is 4.14. The molecule has 20 heavy (non-hydrogen) atoms. The SMILES string of the molecule is CCOC(=O)CCC(=O)c1ccc(C#CCNC)cc1. The van der Waals surface area contributed by atoms with Crippen molar-refractivity contribution in [3.05, 3.63) is 35.4 Å². The van der Waals surface area contributed by atoms with Crippen molar-refractivity contribution in [3.63, 3.8) is 0 Å². The van der Waals surface area contributed by atoms with E-state index < -0.39 is 0 Å². The van der Waals surface area contributed by atoms with Gasteiger partial charge in [0.15, 0.2) is 5.78 Å². The highest BCUT2D eigenvalue weighted by atomic mass is 16.5. The minimum absolute atomic E-state index is 0.0622. The third-order valence-electron chi connectivity index (χ3n) is 2.57. The first-order valence-corrected chi connectivity index (χ1v) is 6.59. The summed E-state index contributed by atoms with van der Waals surface area (Å²) >= 11 is 0. The highest BCUT2D eigenvalue weighted by Gasteiger charge is 2.09. The Kier molecular flexibility index (Phi) is 7.08. The molecule has 0 aliphatic rings. The lowest BCUT2D eigenvalue weighted by atomic mass is 10.0. The van der Waals surface area contributed by atoms with Gasteiger partial charge in [-0.15, -0.1) is 0 Å². The Balaban J connectivity index is 2.54. The number of carbonyl (C=O) groups is 2. The summed E-state index contributed by atoms with van der Waals surface area (Å²) in [6.45, 7) is 2.71. The summed E-state index contributed by atoms with van der Waals surface area (Å²) in [7, 11) is 1.83. The van der Waals surface area contributed by atoms with Crippen LogP contribution >= 0.6 is 0 Å². The van der Waals surface area contributed by atoms with Gasteiger partial charge < -0.3 is 10.1 Å². The summed E-state index contributed by atoms with van der Waals surface area (Å²) in [6, 6.07) is 7.08. The minimum Gasteiger partial charge on any atom is -0.466 e. The fraction of sp³-hybridized carbons (Fsp3) is 0.375. The first-order chi connectivity index (χ1) is 9.67. The van der Waals surface area contributed by atoms with Crippen LogP contribution in [0.2, 0.25) is 0 Å². The summed E-state index contributed by atoms with van der Waals surface area (Å²) in [5.41, 5.74) is 1.45. The molecule has 0 aliphatic heterocycles. The monoisotopic (exact) mass is 273 g/mol. The van der Waals surface area contributed by atoms with E-state index in [1.807, 2.05) is 7.05 Å². The van der Waals surface area contributed by atoms with Crippen molar-refractivity contribution in [3.8, 4) is 11.8 Å². The first-order valence-electron chi connectivity index (χ1n) is 6.59. The molecule has 0 saturated carbocycles. The molecular weight excluding hydrogens is 254 g/mol. The molecule has 106 valence electrons. The van der Waals surface area contributed by atoms with Crippen molar-refractivity contribution in [2.24, 2.45) is 0 Å². The van der Waals surface area contributed by atoms with Gasteiger partial charge in [-0.2, -0.15) is 0 Å². The smallest absolute Gasteiger partial charge is 0.306 e. The highest BCUT2D eigenvalue weighted by molar-refractivity contribution is 5.97. The van der Waals surface area contributed by atoms with Crippen LogP contribution in [0.15, 0.2) is 24.3 Å². The van der Waals surface area contributed by atoms with E-state index in [0.717, 1.165) is 5.56 Å². The molecule has 1 aromatic carbocycles. The van der Waals surface area contributed by atoms with Crippen LogP contribution in [0.5, 0.6) is 0 Å². The van der Waals surface area contributed by atoms with E-state index in [9.17, 15) is 9.59 Å². The van der Waals surface area contributed by atoms with Gasteiger partial charge in [-0.1, -0.05) is 24.0 Å². The fourth-order valence-electron chi connectivity index (χ4n) is 1.57. The van der Waals surface area contributed by atoms with Crippen LogP contribution in [-0.2, 0) is 9.53 Å². The zero-order valence-corrected chi connectivity index (χ0v) is 11.9. The number of benzene rings is 1. The Morgan fingerprint density at radius 3 is 2.50 bits per heavy atom. The summed E-state index contributed by atoms with van der Waals surface area (Å²) < 4.78 is 4.79. The molecule has 4 nitrogen and oxygen atoms in total. The molecule has 0 aromatic heterocycles. The number of ether oxygens (including phenoxy) is 1. The molecule has 0 atom stereocenters. The fourth-order valence-corrected chi connectivity index (χ4v) is 1.57. The van der Waals surface area contributed by atoms with Crippen LogP contribution in [0.1, 0.15) is 35.7 Å². The lowest BCUT2D eigenvalue weighted by Crippen LogP contribution is -2.07. The maximum absolute atomic E-state index is 11.9. The summed E-state index contributed by atoms with van der Waals surface area (Å²) in [4.78, 5) is 23.1. The highest BCUT2D eigenvalue weighted by Crippen LogP contribution is 2.08. The van der Waals surface area contributed by atoms with Crippen LogP contribution in [0.3, 0.4) is 0 Å². The van der Waals surface area contributed by atoms with Crippen LogP contribution in [-0.4, -0.2) is 32.0 Å². The van der Waals surface area contributed by atoms with Gasteiger partial charge in [0.25, 0.3) is 0 Å². The number of hydrogen-bond acceptors (Lipinski definition) is 4. The number of ketones is 1. The predicted octanol–water partition coefficient (Wildman–Crippen LogP) is 1.78. The minimum atomic E-state index is -0.338. The molecule has 0 fully saturated rings. The molecule has 4 heteroatoms. The first kappa shape index (κ1) is 15.9. The molecule has 0 amide bonds. The predicted molar refractivity (Wildman–Crippen MR) is 77.4 cm³/mol. The average Bonchev–Trinajstić information content (AvgIpc) is 2.46. The zero-order chi connectivity index (χ0) is 14.8. The topological polar surface area (TPSA) is 55.4 Å². The standard InChI is InChI=1S/C16H19NO3/c1-3-20-16(19)11-10-15(18)14-8-6-13(7-9-14)5-4-12-17-2/h6-9,17H,3,10-12H2,1-2H3. The van der Waals surface area contributed by atoms with Crippen LogP contribution in [0, 0.1) is 11.8 Å². The van der Waals surface area contributed by atoms with E-state index in [0.29, 0.717) is 18.7 Å². The van der Waals surface area contributed by atoms with Gasteiger partial charge in [0.1, 0.15) is 0 Å². The van der Waals surface area contributed by atoms with Crippen LogP contribution in [0.4, 0.5) is 0 Å². The van der Waals surface area contributed by atoms with Crippen molar-refractivity contribution in [1.29, 1.82) is 0 Å². The number of Topliss-reactive ketones (excluding diaryl/α,β-unsaturated/α-hetero) is 1. The second kappa shape index (κ2) is 8.89. The average molecular weight is 273 g/mol. The Morgan fingerprint density at radius 2 is 1.90 bits per heavy atom. The van der Waals surface area contributed by atoms with Crippen LogP contribution in [0.25, 0.3) is 0 Å². The van der Waals surface area contributed by atoms with E-state index in [4.69, 9.17) is 4.74 Å². The largest absolute Gasteiger partial charge is 0.466 e. The Bertz CT molecular complexity index is 509. The molecule has 0 bridgehead atoms. The summed E-state index contributed by atoms with van der Waals surface area (Å²) in [6.07, 6.45) is 0.292. The molecule has 0 unspecified atom stereocenters. The number of esters is 1. The maximum Gasteiger partial charge on any atom is 0.306 e. The lowest BCUT2D eigenvalue weighted by Gasteiger charge is -2.02. The number of carbonyl (C=O) groups excluding carboxylic acids is 2. The van der Waals surface area contributed by atoms with Crippen LogP contribution < -0.4 is 5.32 Å². The van der Waals surface area contributed by atoms with Crippen molar-refractivity contribution >= 4 is 11.8 Å². The van der Waals surface area contributed by atoms with Gasteiger partial charge in [-0.05, 0) is 26.1 Å². The van der Waals surface area contributed by atoms with E-state index in [1.165, 1.54) is 0 Å². The van der Waals surface area contributed by atoms with Gasteiger partial charge in [-0.3, -0.25) is 9.59 Å². The van der Waals surface area contributed by atoms with Gasteiger partial charge in [0.05, 0.1) is 19.6 Å². The molecule has 0 radical (unpaired) electrons. The Morgan fingerprint density at radius 1 is 1.20 bits per heavy atom. The summed E-state index contributed by atoms with van der Waals surface area (Å²) in [5, 5.41) is 2.93. The normalized spacial score (nSPS) is 9.50. The van der Waals surface area contributed by atoms with Gasteiger partial charge in [0, 0.05) is 17.5 Å². The number of rotatable bonds is 6. The molecule has 1 aromatic rings. The zero-order valence-electron chi connectivity index (χ0n) is 11.9. The molecule has 1 N–H and O–H groups in total. The van der Waals surface area contributed by atoms with Crippen molar-refractivity contribution in [1.82, 2.24) is 5.32 Å². The maximum atomic E-state index is 11.9.